The van der Waals surface area contributed by atoms with Crippen molar-refractivity contribution in [2.45, 2.75) is 24.5 Å². The predicted molar refractivity (Wildman–Crippen MR) is 94.2 cm³/mol. The Bertz CT molecular complexity index is 929. The van der Waals surface area contributed by atoms with Gasteiger partial charge in [-0.3, -0.25) is 0 Å². The van der Waals surface area contributed by atoms with Gasteiger partial charge in [-0.05, 0) is 41.8 Å². The summed E-state index contributed by atoms with van der Waals surface area (Å²) in [5.74, 6) is 0.637. The molecule has 0 amide bonds. The maximum atomic E-state index is 12.5. The van der Waals surface area contributed by atoms with Gasteiger partial charge in [0.15, 0.2) is 11.5 Å². The van der Waals surface area contributed by atoms with Gasteiger partial charge in [-0.2, -0.15) is 13.2 Å². The Hall–Kier alpha value is -2.30. The molecule has 2 aromatic carbocycles. The molecule has 1 unspecified atom stereocenters. The first-order valence-electron chi connectivity index (χ1n) is 8.35. The second kappa shape index (κ2) is 7.98. The number of aliphatic hydroxyl groups excluding tert-OH is 1. The largest absolute Gasteiger partial charge is 0.454 e. The molecule has 0 saturated heterocycles. The first kappa shape index (κ1) is 20.4. The first-order valence-corrected chi connectivity index (χ1v) is 10.0. The molecule has 1 atom stereocenters. The van der Waals surface area contributed by atoms with Crippen LogP contribution in [0.4, 0.5) is 13.2 Å². The van der Waals surface area contributed by atoms with E-state index in [-0.39, 0.29) is 25.3 Å². The van der Waals surface area contributed by atoms with Crippen LogP contribution in [0.2, 0.25) is 0 Å². The molecule has 1 heterocycles. The third-order valence-electron chi connectivity index (χ3n) is 4.16. The molecule has 2 aromatic rings. The number of nitrogens with one attached hydrogen (secondary N) is 1. The fourth-order valence-electron chi connectivity index (χ4n) is 2.70. The summed E-state index contributed by atoms with van der Waals surface area (Å²) in [6.45, 7) is 0.0806. The Labute approximate surface area is 160 Å². The maximum Gasteiger partial charge on any atom is 0.416 e. The van der Waals surface area contributed by atoms with Crippen LogP contribution in [0, 0.1) is 0 Å². The second-order valence-electron chi connectivity index (χ2n) is 6.27. The van der Waals surface area contributed by atoms with E-state index in [9.17, 15) is 26.7 Å². The number of alkyl halides is 3. The van der Waals surface area contributed by atoms with Crippen LogP contribution in [-0.2, 0) is 22.0 Å². The fourth-order valence-corrected chi connectivity index (χ4v) is 3.86. The smallest absolute Gasteiger partial charge is 0.416 e. The Morgan fingerprint density at radius 1 is 1.07 bits per heavy atom. The molecule has 0 spiro atoms. The molecule has 1 aliphatic heterocycles. The summed E-state index contributed by atoms with van der Waals surface area (Å²) in [5.41, 5.74) is -0.0449. The molecular formula is C18H18F3NO5S. The van der Waals surface area contributed by atoms with Crippen molar-refractivity contribution in [1.82, 2.24) is 4.72 Å². The van der Waals surface area contributed by atoms with Crippen LogP contribution in [-0.4, -0.2) is 26.9 Å². The van der Waals surface area contributed by atoms with Crippen molar-refractivity contribution in [2.24, 2.45) is 0 Å². The number of ether oxygens (including phenoxy) is 2. The molecule has 0 bridgehead atoms. The van der Waals surface area contributed by atoms with Gasteiger partial charge in [-0.15, -0.1) is 0 Å². The van der Waals surface area contributed by atoms with E-state index < -0.39 is 33.6 Å². The SMILES string of the molecule is O=S(=O)(Cc1ccc(C(F)(F)F)cc1)NCCC(O)c1ccc2c(c1)OCO2. The Morgan fingerprint density at radius 2 is 1.75 bits per heavy atom. The maximum absolute atomic E-state index is 12.5. The molecule has 6 nitrogen and oxygen atoms in total. The molecule has 28 heavy (non-hydrogen) atoms. The van der Waals surface area contributed by atoms with Crippen molar-refractivity contribution in [3.05, 3.63) is 59.2 Å². The summed E-state index contributed by atoms with van der Waals surface area (Å²) >= 11 is 0. The second-order valence-corrected chi connectivity index (χ2v) is 8.07. The van der Waals surface area contributed by atoms with Gasteiger partial charge in [0.25, 0.3) is 0 Å². The monoisotopic (exact) mass is 417 g/mol. The van der Waals surface area contributed by atoms with Crippen LogP contribution in [0.5, 0.6) is 11.5 Å². The van der Waals surface area contributed by atoms with Crippen LogP contribution in [0.3, 0.4) is 0 Å². The lowest BCUT2D eigenvalue weighted by molar-refractivity contribution is -0.137. The van der Waals surface area contributed by atoms with Crippen LogP contribution in [0.25, 0.3) is 0 Å². The third kappa shape index (κ3) is 5.15. The van der Waals surface area contributed by atoms with Crippen LogP contribution < -0.4 is 14.2 Å². The zero-order chi connectivity index (χ0) is 20.4. The minimum Gasteiger partial charge on any atom is -0.454 e. The van der Waals surface area contributed by atoms with E-state index in [0.717, 1.165) is 24.3 Å². The Kier molecular flexibility index (Phi) is 5.82. The lowest BCUT2D eigenvalue weighted by atomic mass is 10.1. The van der Waals surface area contributed by atoms with Gasteiger partial charge in [-0.25, -0.2) is 13.1 Å². The highest BCUT2D eigenvalue weighted by Crippen LogP contribution is 2.34. The number of hydrogen-bond donors (Lipinski definition) is 2. The van der Waals surface area contributed by atoms with E-state index >= 15 is 0 Å². The third-order valence-corrected chi connectivity index (χ3v) is 5.52. The first-order chi connectivity index (χ1) is 13.1. The normalized spacial score (nSPS) is 14.9. The van der Waals surface area contributed by atoms with Gasteiger partial charge in [0.1, 0.15) is 0 Å². The van der Waals surface area contributed by atoms with Gasteiger partial charge in [0.2, 0.25) is 16.8 Å². The number of hydrogen-bond acceptors (Lipinski definition) is 5. The molecule has 1 aliphatic rings. The van der Waals surface area contributed by atoms with Crippen LogP contribution in [0.15, 0.2) is 42.5 Å². The summed E-state index contributed by atoms with van der Waals surface area (Å²) in [6, 6.07) is 8.89. The van der Waals surface area contributed by atoms with E-state index in [2.05, 4.69) is 4.72 Å². The van der Waals surface area contributed by atoms with Crippen LogP contribution in [0.1, 0.15) is 29.2 Å². The molecule has 10 heteroatoms. The Balaban J connectivity index is 1.52. The highest BCUT2D eigenvalue weighted by atomic mass is 32.2. The standard InChI is InChI=1S/C18H18F3NO5S/c19-18(20,21)14-4-1-12(2-5-14)10-28(24,25)22-8-7-15(23)13-3-6-16-17(9-13)27-11-26-16/h1-6,9,15,22-23H,7-8,10-11H2. The lowest BCUT2D eigenvalue weighted by Gasteiger charge is -2.13. The molecule has 0 saturated carbocycles. The van der Waals surface area contributed by atoms with Crippen molar-refractivity contribution < 1.29 is 36.2 Å². The van der Waals surface area contributed by atoms with E-state index in [0.29, 0.717) is 17.1 Å². The summed E-state index contributed by atoms with van der Waals surface area (Å²) in [4.78, 5) is 0. The molecule has 2 N–H and O–H groups in total. The van der Waals surface area contributed by atoms with Gasteiger partial charge in [0, 0.05) is 6.54 Å². The Morgan fingerprint density at radius 3 is 2.43 bits per heavy atom. The van der Waals surface area contributed by atoms with Gasteiger partial charge in [0.05, 0.1) is 17.4 Å². The zero-order valence-corrected chi connectivity index (χ0v) is 15.4. The topological polar surface area (TPSA) is 84.9 Å². The van der Waals surface area contributed by atoms with Crippen molar-refractivity contribution in [2.75, 3.05) is 13.3 Å². The van der Waals surface area contributed by atoms with Crippen molar-refractivity contribution in [3.63, 3.8) is 0 Å². The quantitative estimate of drug-likeness (QED) is 0.724. The molecule has 0 aliphatic carbocycles. The van der Waals surface area contributed by atoms with Gasteiger partial charge >= 0.3 is 6.18 Å². The fraction of sp³-hybridized carbons (Fsp3) is 0.333. The number of fused-ring (bicyclic) bond motifs is 1. The molecule has 3 rings (SSSR count). The van der Waals surface area contributed by atoms with E-state index in [1.807, 2.05) is 0 Å². The van der Waals surface area contributed by atoms with Crippen LogP contribution >= 0.6 is 0 Å². The number of sulfonamides is 1. The van der Waals surface area contributed by atoms with Crippen molar-refractivity contribution in [1.29, 1.82) is 0 Å². The van der Waals surface area contributed by atoms with E-state index in [4.69, 9.17) is 9.47 Å². The lowest BCUT2D eigenvalue weighted by Crippen LogP contribution is -2.27. The molecule has 152 valence electrons. The number of benzene rings is 2. The zero-order valence-electron chi connectivity index (χ0n) is 14.6. The highest BCUT2D eigenvalue weighted by Gasteiger charge is 2.30. The minimum absolute atomic E-state index is 0.0292. The summed E-state index contributed by atoms with van der Waals surface area (Å²) in [7, 11) is -3.76. The van der Waals surface area contributed by atoms with Gasteiger partial charge < -0.3 is 14.6 Å². The molecule has 0 aromatic heterocycles. The highest BCUT2D eigenvalue weighted by molar-refractivity contribution is 7.88. The van der Waals surface area contributed by atoms with Crippen molar-refractivity contribution in [3.8, 4) is 11.5 Å². The van der Waals surface area contributed by atoms with E-state index in [1.165, 1.54) is 0 Å². The summed E-state index contributed by atoms with van der Waals surface area (Å²) in [5, 5.41) is 10.2. The predicted octanol–water partition coefficient (Wildman–Crippen LogP) is 2.98. The van der Waals surface area contributed by atoms with Crippen molar-refractivity contribution >= 4 is 10.0 Å². The summed E-state index contributed by atoms with van der Waals surface area (Å²) < 4.78 is 74.6. The van der Waals surface area contributed by atoms with E-state index in [1.54, 1.807) is 18.2 Å². The molecule has 0 fully saturated rings. The minimum atomic E-state index is -4.47. The molecular weight excluding hydrogens is 399 g/mol. The molecule has 0 radical (unpaired) electrons. The average molecular weight is 417 g/mol. The summed E-state index contributed by atoms with van der Waals surface area (Å²) in [6.07, 6.45) is -5.27. The average Bonchev–Trinajstić information content (AvgIpc) is 3.08. The number of halogens is 3. The van der Waals surface area contributed by atoms with Gasteiger partial charge in [-0.1, -0.05) is 18.2 Å². The number of rotatable bonds is 7. The number of aliphatic hydroxyl groups is 1.